The van der Waals surface area contributed by atoms with E-state index in [-0.39, 0.29) is 6.61 Å². The Balaban J connectivity index is 1.77. The van der Waals surface area contributed by atoms with E-state index in [0.29, 0.717) is 17.9 Å². The second-order valence-electron chi connectivity index (χ2n) is 6.67. The lowest BCUT2D eigenvalue weighted by Crippen LogP contribution is -2.49. The minimum absolute atomic E-state index is 0.243. The van der Waals surface area contributed by atoms with Crippen LogP contribution in [-0.2, 0) is 4.79 Å². The number of para-hydroxylation sites is 1. The van der Waals surface area contributed by atoms with E-state index >= 15 is 0 Å². The van der Waals surface area contributed by atoms with Crippen LogP contribution < -0.4 is 14.8 Å². The maximum absolute atomic E-state index is 12.7. The third-order valence-corrected chi connectivity index (χ3v) is 5.01. The Morgan fingerprint density at radius 1 is 1.04 bits per heavy atom. The molecule has 2 aromatic carbocycles. The van der Waals surface area contributed by atoms with Gasteiger partial charge in [-0.05, 0) is 49.6 Å². The van der Waals surface area contributed by atoms with E-state index in [0.717, 1.165) is 15.8 Å². The summed E-state index contributed by atoms with van der Waals surface area (Å²) in [5.74, 6) is -0.453. The highest BCUT2D eigenvalue weighted by Gasteiger charge is 2.30. The Morgan fingerprint density at radius 2 is 1.75 bits per heavy atom. The van der Waals surface area contributed by atoms with Crippen LogP contribution in [0.5, 0.6) is 11.5 Å². The highest BCUT2D eigenvalue weighted by molar-refractivity contribution is 7.17. The second-order valence-corrected chi connectivity index (χ2v) is 7.62. The van der Waals surface area contributed by atoms with E-state index in [1.807, 2.05) is 47.8 Å². The number of nitrogens with one attached hydrogen (secondary N) is 1. The Morgan fingerprint density at radius 3 is 2.46 bits per heavy atom. The minimum Gasteiger partial charge on any atom is -0.490 e. The maximum Gasteiger partial charge on any atom is 0.328 e. The number of amides is 1. The minimum atomic E-state index is -1.39. The molecule has 0 spiro atoms. The summed E-state index contributed by atoms with van der Waals surface area (Å²) in [7, 11) is 0. The number of carboxylic acids is 1. The molecule has 0 fully saturated rings. The fourth-order valence-electron chi connectivity index (χ4n) is 2.58. The molecule has 0 saturated carbocycles. The zero-order chi connectivity index (χ0) is 20.1. The van der Waals surface area contributed by atoms with Gasteiger partial charge in [0, 0.05) is 10.1 Å². The van der Waals surface area contributed by atoms with Gasteiger partial charge in [-0.15, -0.1) is 11.3 Å². The van der Waals surface area contributed by atoms with Crippen molar-refractivity contribution in [2.24, 2.45) is 0 Å². The number of fused-ring (bicyclic) bond motifs is 1. The topological polar surface area (TPSA) is 84.9 Å². The van der Waals surface area contributed by atoms with Crippen LogP contribution in [0.3, 0.4) is 0 Å². The molecule has 146 valence electrons. The van der Waals surface area contributed by atoms with Gasteiger partial charge in [-0.1, -0.05) is 18.2 Å². The van der Waals surface area contributed by atoms with Crippen LogP contribution in [0.15, 0.2) is 53.9 Å². The highest BCUT2D eigenvalue weighted by Crippen LogP contribution is 2.33. The summed E-state index contributed by atoms with van der Waals surface area (Å²) in [5, 5.41) is 14.5. The summed E-state index contributed by atoms with van der Waals surface area (Å²) in [4.78, 5) is 24.1. The second kappa shape index (κ2) is 8.31. The van der Waals surface area contributed by atoms with E-state index < -0.39 is 17.4 Å². The summed E-state index contributed by atoms with van der Waals surface area (Å²) in [6.07, 6.45) is 0. The third-order valence-electron chi connectivity index (χ3n) is 4.13. The van der Waals surface area contributed by atoms with Crippen LogP contribution in [0.2, 0.25) is 0 Å². The van der Waals surface area contributed by atoms with Gasteiger partial charge in [-0.2, -0.15) is 0 Å². The Bertz CT molecular complexity index is 981. The molecule has 3 rings (SSSR count). The summed E-state index contributed by atoms with van der Waals surface area (Å²) >= 11 is 1.54. The van der Waals surface area contributed by atoms with Gasteiger partial charge in [0.15, 0.2) is 0 Å². The highest BCUT2D eigenvalue weighted by atomic mass is 32.1. The molecule has 0 atom stereocenters. The van der Waals surface area contributed by atoms with Gasteiger partial charge in [0.05, 0.1) is 5.56 Å². The number of hydrogen-bond acceptors (Lipinski definition) is 5. The van der Waals surface area contributed by atoms with Crippen LogP contribution in [-0.4, -0.2) is 35.7 Å². The molecule has 1 aromatic heterocycles. The summed E-state index contributed by atoms with van der Waals surface area (Å²) < 4.78 is 12.5. The normalized spacial score (nSPS) is 11.2. The molecule has 28 heavy (non-hydrogen) atoms. The molecule has 0 unspecified atom stereocenters. The molecule has 6 nitrogen and oxygen atoms in total. The average Bonchev–Trinajstić information content (AvgIpc) is 3.14. The van der Waals surface area contributed by atoms with E-state index in [1.54, 1.807) is 6.07 Å². The number of thiophene rings is 1. The molecule has 0 bridgehead atoms. The van der Waals surface area contributed by atoms with Gasteiger partial charge in [0.2, 0.25) is 0 Å². The predicted molar refractivity (Wildman–Crippen MR) is 108 cm³/mol. The summed E-state index contributed by atoms with van der Waals surface area (Å²) in [6.45, 7) is 3.42. The SMILES string of the molecule is CC(C)(NC(=O)c1ccc2sccc2c1OCCOc1ccccc1)C(=O)O. The number of rotatable bonds is 8. The smallest absolute Gasteiger partial charge is 0.328 e. The largest absolute Gasteiger partial charge is 0.490 e. The number of hydrogen-bond donors (Lipinski definition) is 2. The molecule has 0 saturated heterocycles. The van der Waals surface area contributed by atoms with Crippen molar-refractivity contribution in [3.05, 3.63) is 59.5 Å². The molecule has 0 aliphatic carbocycles. The molecule has 1 amide bonds. The van der Waals surface area contributed by atoms with Crippen molar-refractivity contribution in [1.29, 1.82) is 0 Å². The van der Waals surface area contributed by atoms with Gasteiger partial charge in [0.1, 0.15) is 30.3 Å². The fourth-order valence-corrected chi connectivity index (χ4v) is 3.36. The van der Waals surface area contributed by atoms with Crippen molar-refractivity contribution in [1.82, 2.24) is 5.32 Å². The Labute approximate surface area is 166 Å². The van der Waals surface area contributed by atoms with Crippen molar-refractivity contribution in [2.75, 3.05) is 13.2 Å². The first-order valence-corrected chi connectivity index (χ1v) is 9.63. The molecule has 1 heterocycles. The first-order chi connectivity index (χ1) is 13.4. The van der Waals surface area contributed by atoms with Gasteiger partial charge in [0.25, 0.3) is 5.91 Å². The summed E-state index contributed by atoms with van der Waals surface area (Å²) in [5.41, 5.74) is -1.10. The lowest BCUT2D eigenvalue weighted by molar-refractivity contribution is -0.143. The first kappa shape index (κ1) is 19.7. The predicted octanol–water partition coefficient (Wildman–Crippen LogP) is 3.95. The molecule has 7 heteroatoms. The van der Waals surface area contributed by atoms with Crippen molar-refractivity contribution >= 4 is 33.3 Å². The number of carboxylic acid groups (broad SMARTS) is 1. The van der Waals surface area contributed by atoms with Crippen LogP contribution in [0.1, 0.15) is 24.2 Å². The van der Waals surface area contributed by atoms with Gasteiger partial charge >= 0.3 is 5.97 Å². The standard InChI is InChI=1S/C21H21NO5S/c1-21(2,20(24)25)22-19(23)16-8-9-17-15(10-13-28-17)18(16)27-12-11-26-14-6-4-3-5-7-14/h3-10,13H,11-12H2,1-2H3,(H,22,23)(H,24,25). The average molecular weight is 399 g/mol. The quantitative estimate of drug-likeness (QED) is 0.560. The van der Waals surface area contributed by atoms with Gasteiger partial charge in [-0.3, -0.25) is 4.79 Å². The summed E-state index contributed by atoms with van der Waals surface area (Å²) in [6, 6.07) is 14.7. The van der Waals surface area contributed by atoms with Crippen LogP contribution in [0, 0.1) is 0 Å². The number of aliphatic carboxylic acids is 1. The first-order valence-electron chi connectivity index (χ1n) is 8.75. The molecular weight excluding hydrogens is 378 g/mol. The Kier molecular flexibility index (Phi) is 5.84. The molecule has 3 aromatic rings. The van der Waals surface area contributed by atoms with Gasteiger partial charge in [-0.25, -0.2) is 4.79 Å². The van der Waals surface area contributed by atoms with Crippen LogP contribution >= 0.6 is 11.3 Å². The zero-order valence-electron chi connectivity index (χ0n) is 15.6. The van der Waals surface area contributed by atoms with E-state index in [1.165, 1.54) is 25.2 Å². The third kappa shape index (κ3) is 4.43. The lowest BCUT2D eigenvalue weighted by Gasteiger charge is -2.22. The monoisotopic (exact) mass is 399 g/mol. The van der Waals surface area contributed by atoms with E-state index in [9.17, 15) is 14.7 Å². The zero-order valence-corrected chi connectivity index (χ0v) is 16.4. The number of carbonyl (C=O) groups is 2. The number of benzene rings is 2. The van der Waals surface area contributed by atoms with Crippen molar-refractivity contribution in [2.45, 2.75) is 19.4 Å². The molecule has 2 N–H and O–H groups in total. The molecular formula is C21H21NO5S. The van der Waals surface area contributed by atoms with Gasteiger partial charge < -0.3 is 19.9 Å². The van der Waals surface area contributed by atoms with Crippen molar-refractivity contribution in [3.63, 3.8) is 0 Å². The molecule has 0 aliphatic rings. The maximum atomic E-state index is 12.7. The molecule has 0 radical (unpaired) electrons. The van der Waals surface area contributed by atoms with Crippen LogP contribution in [0.25, 0.3) is 10.1 Å². The fraction of sp³-hybridized carbons (Fsp3) is 0.238. The number of ether oxygens (including phenoxy) is 2. The van der Waals surface area contributed by atoms with E-state index in [4.69, 9.17) is 9.47 Å². The number of carbonyl (C=O) groups excluding carboxylic acids is 1. The lowest BCUT2D eigenvalue weighted by atomic mass is 10.0. The van der Waals surface area contributed by atoms with Crippen molar-refractivity contribution < 1.29 is 24.2 Å². The van der Waals surface area contributed by atoms with E-state index in [2.05, 4.69) is 5.32 Å². The van der Waals surface area contributed by atoms with Crippen molar-refractivity contribution in [3.8, 4) is 11.5 Å². The Hall–Kier alpha value is -3.06. The molecule has 0 aliphatic heterocycles. The van der Waals surface area contributed by atoms with Crippen LogP contribution in [0.4, 0.5) is 0 Å².